The molecular weight excluding hydrogens is 311 g/mol. The van der Waals surface area contributed by atoms with Crippen LogP contribution in [0, 0.1) is 0 Å². The lowest BCUT2D eigenvalue weighted by Crippen LogP contribution is -2.11. The van der Waals surface area contributed by atoms with Gasteiger partial charge in [-0.15, -0.1) is 0 Å². The van der Waals surface area contributed by atoms with Crippen LogP contribution >= 0.6 is 23.2 Å². The van der Waals surface area contributed by atoms with Gasteiger partial charge in [0.15, 0.2) is 5.75 Å². The quantitative estimate of drug-likeness (QED) is 0.611. The first-order chi connectivity index (χ1) is 10.0. The molecule has 0 bridgehead atoms. The third-order valence-corrected chi connectivity index (χ3v) is 3.67. The van der Waals surface area contributed by atoms with Crippen molar-refractivity contribution in [2.75, 3.05) is 5.32 Å². The number of phenolic OH excluding ortho intramolecular Hbond substituents is 1. The van der Waals surface area contributed by atoms with E-state index in [0.29, 0.717) is 11.3 Å². The number of carbonyl (C=O) groups excluding carboxylic acids is 1. The first-order valence-electron chi connectivity index (χ1n) is 6.11. The third-order valence-electron chi connectivity index (χ3n) is 3.09. The maximum Gasteiger partial charge on any atom is 0.255 e. The summed E-state index contributed by atoms with van der Waals surface area (Å²) in [4.78, 5) is 15.3. The Kier molecular flexibility index (Phi) is 3.49. The second-order valence-electron chi connectivity index (χ2n) is 4.52. The van der Waals surface area contributed by atoms with Crippen molar-refractivity contribution in [3.8, 4) is 5.75 Å². The standard InChI is InChI=1S/C15H10Cl2N2O2/c16-11-6-10(7-12(17)14(11)20)19-15(21)9-1-2-13-8(5-9)3-4-18-13/h1-7,18,20H,(H,19,21). The lowest BCUT2D eigenvalue weighted by atomic mass is 10.1. The highest BCUT2D eigenvalue weighted by molar-refractivity contribution is 6.37. The number of anilines is 1. The predicted octanol–water partition coefficient (Wildman–Crippen LogP) is 4.43. The van der Waals surface area contributed by atoms with Gasteiger partial charge in [-0.05, 0) is 36.4 Å². The van der Waals surface area contributed by atoms with Crippen LogP contribution in [0.5, 0.6) is 5.75 Å². The number of phenols is 1. The first-order valence-corrected chi connectivity index (χ1v) is 6.87. The largest absolute Gasteiger partial charge is 0.505 e. The Morgan fingerprint density at radius 1 is 1.10 bits per heavy atom. The molecule has 0 radical (unpaired) electrons. The van der Waals surface area contributed by atoms with Gasteiger partial charge in [0.1, 0.15) is 0 Å². The number of amides is 1. The van der Waals surface area contributed by atoms with Gasteiger partial charge < -0.3 is 15.4 Å². The number of rotatable bonds is 2. The van der Waals surface area contributed by atoms with Crippen molar-refractivity contribution >= 4 is 45.7 Å². The summed E-state index contributed by atoms with van der Waals surface area (Å²) >= 11 is 11.6. The summed E-state index contributed by atoms with van der Waals surface area (Å²) < 4.78 is 0. The number of H-pyrrole nitrogens is 1. The van der Waals surface area contributed by atoms with Crippen LogP contribution in [-0.4, -0.2) is 16.0 Å². The SMILES string of the molecule is O=C(Nc1cc(Cl)c(O)c(Cl)c1)c1ccc2[nH]ccc2c1. The third kappa shape index (κ3) is 2.68. The van der Waals surface area contributed by atoms with Crippen molar-refractivity contribution in [3.05, 3.63) is 58.2 Å². The maximum absolute atomic E-state index is 12.2. The average molecular weight is 321 g/mol. The van der Waals surface area contributed by atoms with Crippen LogP contribution < -0.4 is 5.32 Å². The van der Waals surface area contributed by atoms with E-state index in [9.17, 15) is 9.90 Å². The fraction of sp³-hybridized carbons (Fsp3) is 0. The smallest absolute Gasteiger partial charge is 0.255 e. The van der Waals surface area contributed by atoms with Crippen LogP contribution in [0.25, 0.3) is 10.9 Å². The van der Waals surface area contributed by atoms with Gasteiger partial charge in [-0.25, -0.2) is 0 Å². The Morgan fingerprint density at radius 2 is 1.81 bits per heavy atom. The molecule has 0 unspecified atom stereocenters. The van der Waals surface area contributed by atoms with E-state index < -0.39 is 0 Å². The molecule has 0 aliphatic carbocycles. The molecule has 0 saturated heterocycles. The summed E-state index contributed by atoms with van der Waals surface area (Å²) in [6, 6.07) is 10.1. The maximum atomic E-state index is 12.2. The fourth-order valence-electron chi connectivity index (χ4n) is 2.04. The molecule has 21 heavy (non-hydrogen) atoms. The van der Waals surface area contributed by atoms with Crippen LogP contribution in [0.3, 0.4) is 0 Å². The van der Waals surface area contributed by atoms with E-state index in [-0.39, 0.29) is 21.7 Å². The number of aromatic hydroxyl groups is 1. The van der Waals surface area contributed by atoms with E-state index in [1.165, 1.54) is 12.1 Å². The van der Waals surface area contributed by atoms with Gasteiger partial charge >= 0.3 is 0 Å². The van der Waals surface area contributed by atoms with Crippen LogP contribution in [0.15, 0.2) is 42.6 Å². The molecule has 0 spiro atoms. The molecule has 6 heteroatoms. The minimum Gasteiger partial charge on any atom is -0.505 e. The van der Waals surface area contributed by atoms with Crippen LogP contribution in [0.1, 0.15) is 10.4 Å². The topological polar surface area (TPSA) is 65.1 Å². The highest BCUT2D eigenvalue weighted by atomic mass is 35.5. The molecule has 1 amide bonds. The lowest BCUT2D eigenvalue weighted by molar-refractivity contribution is 0.102. The van der Waals surface area contributed by atoms with E-state index in [1.54, 1.807) is 12.1 Å². The van der Waals surface area contributed by atoms with Gasteiger partial charge in [-0.3, -0.25) is 4.79 Å². The second kappa shape index (κ2) is 5.31. The summed E-state index contributed by atoms with van der Waals surface area (Å²) in [6.45, 7) is 0. The van der Waals surface area contributed by atoms with Gasteiger partial charge in [0, 0.05) is 28.4 Å². The average Bonchev–Trinajstić information content (AvgIpc) is 2.91. The summed E-state index contributed by atoms with van der Waals surface area (Å²) in [5.74, 6) is -0.485. The van der Waals surface area contributed by atoms with Crippen LogP contribution in [-0.2, 0) is 0 Å². The zero-order valence-electron chi connectivity index (χ0n) is 10.7. The molecule has 0 fully saturated rings. The number of nitrogens with one attached hydrogen (secondary N) is 2. The number of fused-ring (bicyclic) bond motifs is 1. The van der Waals surface area contributed by atoms with Gasteiger partial charge in [0.05, 0.1) is 10.0 Å². The first kappa shape index (κ1) is 13.8. The Labute approximate surface area is 130 Å². The Hall–Kier alpha value is -2.17. The Bertz CT molecular complexity index is 820. The minimum atomic E-state index is -0.282. The number of hydrogen-bond acceptors (Lipinski definition) is 2. The van der Waals surface area contributed by atoms with Crippen LogP contribution in [0.4, 0.5) is 5.69 Å². The Balaban J connectivity index is 1.88. The number of carbonyl (C=O) groups is 1. The minimum absolute atomic E-state index is 0.0823. The van der Waals surface area contributed by atoms with Crippen molar-refractivity contribution in [1.29, 1.82) is 0 Å². The highest BCUT2D eigenvalue weighted by Gasteiger charge is 2.11. The molecular formula is C15H10Cl2N2O2. The van der Waals surface area contributed by atoms with Gasteiger partial charge in [0.25, 0.3) is 5.91 Å². The normalized spacial score (nSPS) is 10.8. The molecule has 0 atom stereocenters. The zero-order chi connectivity index (χ0) is 15.0. The summed E-state index contributed by atoms with van der Waals surface area (Å²) in [5.41, 5.74) is 1.90. The number of halogens is 2. The Morgan fingerprint density at radius 3 is 2.52 bits per heavy atom. The molecule has 0 aliphatic rings. The molecule has 1 aromatic heterocycles. The highest BCUT2D eigenvalue weighted by Crippen LogP contribution is 2.34. The van der Waals surface area contributed by atoms with E-state index in [1.807, 2.05) is 18.3 Å². The summed E-state index contributed by atoms with van der Waals surface area (Å²) in [7, 11) is 0. The lowest BCUT2D eigenvalue weighted by Gasteiger charge is -2.08. The number of hydrogen-bond donors (Lipinski definition) is 3. The molecule has 0 aliphatic heterocycles. The van der Waals surface area contributed by atoms with Crippen molar-refractivity contribution in [1.82, 2.24) is 4.98 Å². The van der Waals surface area contributed by atoms with E-state index >= 15 is 0 Å². The molecule has 3 N–H and O–H groups in total. The van der Waals surface area contributed by atoms with Gasteiger partial charge in [0.2, 0.25) is 0 Å². The second-order valence-corrected chi connectivity index (χ2v) is 5.34. The zero-order valence-corrected chi connectivity index (χ0v) is 12.2. The van der Waals surface area contributed by atoms with Crippen molar-refractivity contribution in [2.45, 2.75) is 0 Å². The van der Waals surface area contributed by atoms with E-state index in [0.717, 1.165) is 10.9 Å². The number of aromatic amines is 1. The number of benzene rings is 2. The molecule has 3 rings (SSSR count). The van der Waals surface area contributed by atoms with Gasteiger partial charge in [-0.2, -0.15) is 0 Å². The molecule has 0 saturated carbocycles. The predicted molar refractivity (Wildman–Crippen MR) is 84.4 cm³/mol. The fourth-order valence-corrected chi connectivity index (χ4v) is 2.52. The summed E-state index contributed by atoms with van der Waals surface area (Å²) in [5, 5.41) is 13.3. The monoisotopic (exact) mass is 320 g/mol. The molecule has 4 nitrogen and oxygen atoms in total. The van der Waals surface area contributed by atoms with E-state index in [4.69, 9.17) is 23.2 Å². The van der Waals surface area contributed by atoms with Crippen molar-refractivity contribution < 1.29 is 9.90 Å². The van der Waals surface area contributed by atoms with Crippen molar-refractivity contribution in [3.63, 3.8) is 0 Å². The molecule has 2 aromatic carbocycles. The number of aromatic nitrogens is 1. The molecule has 106 valence electrons. The van der Waals surface area contributed by atoms with Gasteiger partial charge in [-0.1, -0.05) is 23.2 Å². The summed E-state index contributed by atoms with van der Waals surface area (Å²) in [6.07, 6.45) is 1.81. The molecule has 1 heterocycles. The molecule has 3 aromatic rings. The van der Waals surface area contributed by atoms with Crippen molar-refractivity contribution in [2.24, 2.45) is 0 Å². The van der Waals surface area contributed by atoms with E-state index in [2.05, 4.69) is 10.3 Å². The van der Waals surface area contributed by atoms with Crippen LogP contribution in [0.2, 0.25) is 10.0 Å².